The van der Waals surface area contributed by atoms with E-state index in [2.05, 4.69) is 20.8 Å². The highest BCUT2D eigenvalue weighted by Gasteiger charge is 2.07. The number of aromatic nitrogens is 2. The number of nitrogens with zero attached hydrogens (tertiary/aromatic N) is 3. The SMILES string of the molecule is CN(C)C(=O)NCCNc1nnc(SCC(=O)O)s1. The van der Waals surface area contributed by atoms with E-state index >= 15 is 0 Å². The van der Waals surface area contributed by atoms with Crippen LogP contribution in [0.4, 0.5) is 9.93 Å². The number of anilines is 1. The zero-order valence-electron chi connectivity index (χ0n) is 10.5. The number of amides is 2. The largest absolute Gasteiger partial charge is 0.481 e. The molecule has 0 saturated heterocycles. The first-order valence-corrected chi connectivity index (χ1v) is 7.16. The van der Waals surface area contributed by atoms with Gasteiger partial charge < -0.3 is 20.6 Å². The lowest BCUT2D eigenvalue weighted by Gasteiger charge is -2.11. The standard InChI is InChI=1S/C9H15N5O3S2/c1-14(2)8(17)11-4-3-10-7-12-13-9(19-7)18-5-6(15)16/h3-5H2,1-2H3,(H,10,12)(H,11,17)(H,15,16). The van der Waals surface area contributed by atoms with E-state index in [0.29, 0.717) is 22.6 Å². The third-order valence-electron chi connectivity index (χ3n) is 1.81. The average Bonchev–Trinajstić information content (AvgIpc) is 2.79. The van der Waals surface area contributed by atoms with Crippen molar-refractivity contribution in [2.45, 2.75) is 4.34 Å². The number of urea groups is 1. The Labute approximate surface area is 118 Å². The van der Waals surface area contributed by atoms with Gasteiger partial charge in [-0.2, -0.15) is 0 Å². The Bertz CT molecular complexity index is 437. The Morgan fingerprint density at radius 1 is 1.37 bits per heavy atom. The summed E-state index contributed by atoms with van der Waals surface area (Å²) in [6.45, 7) is 0.992. The number of aliphatic carboxylic acids is 1. The summed E-state index contributed by atoms with van der Waals surface area (Å²) >= 11 is 2.41. The van der Waals surface area contributed by atoms with Crippen LogP contribution in [0.15, 0.2) is 4.34 Å². The molecule has 0 spiro atoms. The normalized spacial score (nSPS) is 10.0. The molecule has 0 saturated carbocycles. The maximum absolute atomic E-state index is 11.2. The van der Waals surface area contributed by atoms with Crippen LogP contribution >= 0.6 is 23.1 Å². The molecule has 0 fully saturated rings. The molecule has 1 aromatic heterocycles. The minimum Gasteiger partial charge on any atom is -0.481 e. The first-order chi connectivity index (χ1) is 8.99. The molecular weight excluding hydrogens is 290 g/mol. The van der Waals surface area contributed by atoms with Gasteiger partial charge in [-0.15, -0.1) is 10.2 Å². The number of carbonyl (C=O) groups excluding carboxylic acids is 1. The second-order valence-electron chi connectivity index (χ2n) is 3.61. The van der Waals surface area contributed by atoms with Crippen LogP contribution in [-0.4, -0.2) is 65.1 Å². The van der Waals surface area contributed by atoms with Crippen LogP contribution in [0.3, 0.4) is 0 Å². The van der Waals surface area contributed by atoms with Gasteiger partial charge >= 0.3 is 12.0 Å². The van der Waals surface area contributed by atoms with Crippen molar-refractivity contribution in [1.82, 2.24) is 20.4 Å². The molecule has 0 aliphatic heterocycles. The van der Waals surface area contributed by atoms with Crippen molar-refractivity contribution in [3.63, 3.8) is 0 Å². The van der Waals surface area contributed by atoms with Gasteiger partial charge in [0.05, 0.1) is 5.75 Å². The third-order valence-corrected chi connectivity index (χ3v) is 3.81. The molecule has 0 unspecified atom stereocenters. The number of carboxylic acids is 1. The summed E-state index contributed by atoms with van der Waals surface area (Å²) in [4.78, 5) is 23.0. The number of carboxylic acid groups (broad SMARTS) is 1. The summed E-state index contributed by atoms with van der Waals surface area (Å²) in [6.07, 6.45) is 0. The summed E-state index contributed by atoms with van der Waals surface area (Å²) in [5.74, 6) is -0.922. The van der Waals surface area contributed by atoms with Crippen molar-refractivity contribution >= 4 is 40.2 Å². The molecule has 0 radical (unpaired) electrons. The van der Waals surface area contributed by atoms with Crippen molar-refractivity contribution < 1.29 is 14.7 Å². The predicted molar refractivity (Wildman–Crippen MR) is 73.8 cm³/mol. The van der Waals surface area contributed by atoms with Crippen LogP contribution in [0.2, 0.25) is 0 Å². The van der Waals surface area contributed by atoms with E-state index < -0.39 is 5.97 Å². The fourth-order valence-electron chi connectivity index (χ4n) is 0.960. The maximum Gasteiger partial charge on any atom is 0.316 e. The zero-order valence-corrected chi connectivity index (χ0v) is 12.2. The molecule has 0 atom stereocenters. The minimum atomic E-state index is -0.888. The van der Waals surface area contributed by atoms with Gasteiger partial charge in [-0.25, -0.2) is 4.79 Å². The lowest BCUT2D eigenvalue weighted by molar-refractivity contribution is -0.133. The first-order valence-electron chi connectivity index (χ1n) is 5.36. The van der Waals surface area contributed by atoms with Gasteiger partial charge in [0, 0.05) is 27.2 Å². The zero-order chi connectivity index (χ0) is 14.3. The number of carbonyl (C=O) groups is 2. The summed E-state index contributed by atoms with van der Waals surface area (Å²) in [5.41, 5.74) is 0. The fraction of sp³-hybridized carbons (Fsp3) is 0.556. The van der Waals surface area contributed by atoms with Gasteiger partial charge in [-0.3, -0.25) is 4.79 Å². The van der Waals surface area contributed by atoms with Crippen LogP contribution in [-0.2, 0) is 4.79 Å². The quantitative estimate of drug-likeness (QED) is 0.494. The fourth-order valence-corrected chi connectivity index (χ4v) is 2.46. The number of nitrogens with one attached hydrogen (secondary N) is 2. The molecule has 0 aromatic carbocycles. The molecule has 2 amide bonds. The molecule has 0 aliphatic rings. The maximum atomic E-state index is 11.2. The molecule has 106 valence electrons. The Morgan fingerprint density at radius 2 is 2.11 bits per heavy atom. The van der Waals surface area contributed by atoms with Gasteiger partial charge in [0.2, 0.25) is 5.13 Å². The highest BCUT2D eigenvalue weighted by molar-refractivity contribution is 8.01. The number of hydrogen-bond acceptors (Lipinski definition) is 7. The minimum absolute atomic E-state index is 0.0342. The van der Waals surface area contributed by atoms with Crippen molar-refractivity contribution in [2.24, 2.45) is 0 Å². The van der Waals surface area contributed by atoms with Crippen LogP contribution in [0.25, 0.3) is 0 Å². The second-order valence-corrected chi connectivity index (χ2v) is 5.81. The molecule has 0 bridgehead atoms. The van der Waals surface area contributed by atoms with E-state index in [9.17, 15) is 9.59 Å². The summed E-state index contributed by atoms with van der Waals surface area (Å²) in [6, 6.07) is -0.156. The third kappa shape index (κ3) is 6.25. The topological polar surface area (TPSA) is 107 Å². The number of hydrogen-bond donors (Lipinski definition) is 3. The van der Waals surface area contributed by atoms with Crippen molar-refractivity contribution in [3.8, 4) is 0 Å². The Balaban J connectivity index is 2.23. The first kappa shape index (κ1) is 15.5. The summed E-state index contributed by atoms with van der Waals surface area (Å²) in [5, 5.41) is 22.5. The molecule has 0 aliphatic carbocycles. The van der Waals surface area contributed by atoms with E-state index in [-0.39, 0.29) is 11.8 Å². The number of thioether (sulfide) groups is 1. The summed E-state index contributed by atoms with van der Waals surface area (Å²) in [7, 11) is 3.33. The monoisotopic (exact) mass is 305 g/mol. The van der Waals surface area contributed by atoms with E-state index in [1.807, 2.05) is 0 Å². The molecule has 19 heavy (non-hydrogen) atoms. The highest BCUT2D eigenvalue weighted by atomic mass is 32.2. The van der Waals surface area contributed by atoms with Crippen molar-refractivity contribution in [3.05, 3.63) is 0 Å². The molecule has 10 heteroatoms. The van der Waals surface area contributed by atoms with Crippen LogP contribution in [0, 0.1) is 0 Å². The van der Waals surface area contributed by atoms with Gasteiger partial charge in [0.1, 0.15) is 0 Å². The van der Waals surface area contributed by atoms with Crippen LogP contribution in [0.1, 0.15) is 0 Å². The molecule has 1 aromatic rings. The predicted octanol–water partition coefficient (Wildman–Crippen LogP) is 0.398. The smallest absolute Gasteiger partial charge is 0.316 e. The van der Waals surface area contributed by atoms with Gasteiger partial charge in [0.15, 0.2) is 4.34 Å². The van der Waals surface area contributed by atoms with E-state index in [4.69, 9.17) is 5.11 Å². The lowest BCUT2D eigenvalue weighted by Crippen LogP contribution is -2.37. The lowest BCUT2D eigenvalue weighted by atomic mass is 10.6. The van der Waals surface area contributed by atoms with Crippen LogP contribution in [0.5, 0.6) is 0 Å². The number of rotatable bonds is 7. The second kappa shape index (κ2) is 7.79. The van der Waals surface area contributed by atoms with Gasteiger partial charge in [-0.1, -0.05) is 23.1 Å². The van der Waals surface area contributed by atoms with Crippen molar-refractivity contribution in [2.75, 3.05) is 38.3 Å². The van der Waals surface area contributed by atoms with Crippen molar-refractivity contribution in [1.29, 1.82) is 0 Å². The van der Waals surface area contributed by atoms with Crippen LogP contribution < -0.4 is 10.6 Å². The van der Waals surface area contributed by atoms with E-state index in [1.165, 1.54) is 16.2 Å². The Hall–Kier alpha value is -1.55. The Kier molecular flexibility index (Phi) is 6.36. The van der Waals surface area contributed by atoms with Gasteiger partial charge in [0.25, 0.3) is 0 Å². The van der Waals surface area contributed by atoms with E-state index in [0.717, 1.165) is 11.8 Å². The summed E-state index contributed by atoms with van der Waals surface area (Å²) < 4.78 is 0.599. The highest BCUT2D eigenvalue weighted by Crippen LogP contribution is 2.24. The van der Waals surface area contributed by atoms with E-state index in [1.54, 1.807) is 14.1 Å². The molecular formula is C9H15N5O3S2. The Morgan fingerprint density at radius 3 is 2.74 bits per heavy atom. The molecule has 1 rings (SSSR count). The molecule has 1 heterocycles. The molecule has 8 nitrogen and oxygen atoms in total. The average molecular weight is 305 g/mol. The molecule has 3 N–H and O–H groups in total. The van der Waals surface area contributed by atoms with Gasteiger partial charge in [-0.05, 0) is 0 Å².